The van der Waals surface area contributed by atoms with E-state index in [9.17, 15) is 18.4 Å². The van der Waals surface area contributed by atoms with Crippen LogP contribution in [0.25, 0.3) is 22.4 Å². The van der Waals surface area contributed by atoms with Crippen LogP contribution in [0.5, 0.6) is 5.75 Å². The topological polar surface area (TPSA) is 156 Å². The Morgan fingerprint density at radius 2 is 1.86 bits per heavy atom. The number of rotatable bonds is 11. The molecular weight excluding hydrogens is 634 g/mol. The van der Waals surface area contributed by atoms with Gasteiger partial charge in [-0.2, -0.15) is 0 Å². The van der Waals surface area contributed by atoms with Crippen LogP contribution in [0.2, 0.25) is 0 Å². The third-order valence-electron chi connectivity index (χ3n) is 8.29. The Bertz CT molecular complexity index is 1940. The molecule has 2 amide bonds. The Morgan fingerprint density at radius 3 is 2.67 bits per heavy atom. The molecule has 49 heavy (non-hydrogen) atoms. The highest BCUT2D eigenvalue weighted by atomic mass is 19.1. The first-order valence-corrected chi connectivity index (χ1v) is 16.1. The number of carbonyl (C=O) groups is 2. The zero-order valence-corrected chi connectivity index (χ0v) is 27.0. The largest absolute Gasteiger partial charge is 0.494 e. The summed E-state index contributed by atoms with van der Waals surface area (Å²) in [5.41, 5.74) is 2.66. The lowest BCUT2D eigenvalue weighted by atomic mass is 9.91. The number of amides is 2. The van der Waals surface area contributed by atoms with Crippen molar-refractivity contribution in [1.29, 1.82) is 0 Å². The third-order valence-corrected chi connectivity index (χ3v) is 8.29. The minimum absolute atomic E-state index is 0.0213. The average molecular weight is 671 g/mol. The molecule has 0 radical (unpaired) electrons. The molecular formula is C35H36F2N8O4. The van der Waals surface area contributed by atoms with Crippen molar-refractivity contribution < 1.29 is 27.8 Å². The van der Waals surface area contributed by atoms with E-state index in [-0.39, 0.29) is 48.0 Å². The minimum atomic E-state index is -0.624. The molecule has 1 saturated carbocycles. The highest BCUT2D eigenvalue weighted by molar-refractivity contribution is 5.93. The molecule has 1 unspecified atom stereocenters. The SMILES string of the molecule is CCOc1ccc(C(C)NC(=O)OCc2ccnc(C(=O)N[C@H]3CCC[C@@H](Nc4nc(-c5c[nH]c6ncc(F)cc56)ncc4F)C3)c2)cc1. The summed E-state index contributed by atoms with van der Waals surface area (Å²) in [6, 6.07) is 11.4. The molecule has 0 spiro atoms. The first-order valence-electron chi connectivity index (χ1n) is 16.1. The van der Waals surface area contributed by atoms with Gasteiger partial charge in [0.05, 0.1) is 25.0 Å². The van der Waals surface area contributed by atoms with Gasteiger partial charge >= 0.3 is 6.09 Å². The van der Waals surface area contributed by atoms with Gasteiger partial charge < -0.3 is 30.4 Å². The Morgan fingerprint density at radius 1 is 1.04 bits per heavy atom. The van der Waals surface area contributed by atoms with Crippen LogP contribution in [0.1, 0.15) is 67.2 Å². The lowest BCUT2D eigenvalue weighted by Crippen LogP contribution is -2.42. The molecule has 1 fully saturated rings. The summed E-state index contributed by atoms with van der Waals surface area (Å²) in [6.07, 6.45) is 7.50. The molecule has 4 aromatic heterocycles. The van der Waals surface area contributed by atoms with Crippen LogP contribution in [0.15, 0.2) is 67.3 Å². The molecule has 1 aliphatic carbocycles. The number of nitrogens with one attached hydrogen (secondary N) is 4. The predicted octanol–water partition coefficient (Wildman–Crippen LogP) is 6.23. The molecule has 14 heteroatoms. The summed E-state index contributed by atoms with van der Waals surface area (Å²) in [5.74, 6) is -0.497. The number of anilines is 1. The van der Waals surface area contributed by atoms with Crippen molar-refractivity contribution in [2.24, 2.45) is 0 Å². The standard InChI is InChI=1S/C35H36F2N8O4/c1-3-48-26-9-7-22(8-10-26)20(2)42-35(47)49-19-21-11-12-38-30(13-21)34(46)44-25-6-4-5-24(15-25)43-33-29(37)18-41-32(45-33)28-17-40-31-27(28)14-23(36)16-39-31/h7-14,16-18,20,24-25H,3-6,15,19H2,1-2H3,(H,39,40)(H,42,47)(H,44,46)(H,41,43,45)/t20?,24-,25+/m1/s1. The lowest BCUT2D eigenvalue weighted by Gasteiger charge is -2.30. The summed E-state index contributed by atoms with van der Waals surface area (Å²) >= 11 is 0. The monoisotopic (exact) mass is 670 g/mol. The van der Waals surface area contributed by atoms with Gasteiger partial charge in [-0.25, -0.2) is 28.5 Å². The Hall–Kier alpha value is -5.66. The highest BCUT2D eigenvalue weighted by Crippen LogP contribution is 2.28. The molecule has 1 aliphatic rings. The molecule has 254 valence electrons. The quantitative estimate of drug-likeness (QED) is 0.128. The number of nitrogens with zero attached hydrogens (tertiary/aromatic N) is 4. The molecule has 1 aromatic carbocycles. The molecule has 0 saturated heterocycles. The van der Waals surface area contributed by atoms with Crippen molar-refractivity contribution in [2.75, 3.05) is 11.9 Å². The first-order chi connectivity index (χ1) is 23.7. The van der Waals surface area contributed by atoms with Gasteiger partial charge in [0, 0.05) is 35.4 Å². The summed E-state index contributed by atoms with van der Waals surface area (Å²) in [4.78, 5) is 45.3. The number of aromatic nitrogens is 5. The molecule has 12 nitrogen and oxygen atoms in total. The maximum atomic E-state index is 14.8. The van der Waals surface area contributed by atoms with E-state index in [0.717, 1.165) is 43.0 Å². The van der Waals surface area contributed by atoms with Gasteiger partial charge in [0.1, 0.15) is 29.5 Å². The first kappa shape index (κ1) is 33.2. The third kappa shape index (κ3) is 8.26. The number of hydrogen-bond donors (Lipinski definition) is 4. The van der Waals surface area contributed by atoms with E-state index in [1.165, 1.54) is 12.3 Å². The van der Waals surface area contributed by atoms with Crippen molar-refractivity contribution >= 4 is 28.9 Å². The van der Waals surface area contributed by atoms with E-state index < -0.39 is 17.7 Å². The Kier molecular flexibility index (Phi) is 10.2. The fourth-order valence-electron chi connectivity index (χ4n) is 5.82. The summed E-state index contributed by atoms with van der Waals surface area (Å²) in [6.45, 7) is 4.29. The zero-order valence-electron chi connectivity index (χ0n) is 27.0. The van der Waals surface area contributed by atoms with Crippen LogP contribution in [0, 0.1) is 11.6 Å². The number of halogens is 2. The summed E-state index contributed by atoms with van der Waals surface area (Å²) < 4.78 is 39.5. The van der Waals surface area contributed by atoms with E-state index in [0.29, 0.717) is 35.2 Å². The summed E-state index contributed by atoms with van der Waals surface area (Å²) in [5, 5.41) is 9.49. The molecule has 3 atom stereocenters. The van der Waals surface area contributed by atoms with Gasteiger partial charge in [-0.3, -0.25) is 9.78 Å². The van der Waals surface area contributed by atoms with E-state index >= 15 is 0 Å². The average Bonchev–Trinajstić information content (AvgIpc) is 3.52. The van der Waals surface area contributed by atoms with Crippen molar-refractivity contribution in [3.8, 4) is 17.1 Å². The van der Waals surface area contributed by atoms with Gasteiger partial charge in [-0.05, 0) is 81.0 Å². The number of pyridine rings is 2. The molecule has 0 aliphatic heterocycles. The normalized spacial score (nSPS) is 16.5. The maximum Gasteiger partial charge on any atom is 0.407 e. The minimum Gasteiger partial charge on any atom is -0.494 e. The molecule has 4 heterocycles. The zero-order chi connectivity index (χ0) is 34.3. The number of alkyl carbamates (subject to hydrolysis) is 1. The van der Waals surface area contributed by atoms with Crippen LogP contribution < -0.4 is 20.7 Å². The number of fused-ring (bicyclic) bond motifs is 1. The Labute approximate surface area is 281 Å². The van der Waals surface area contributed by atoms with E-state index in [4.69, 9.17) is 9.47 Å². The van der Waals surface area contributed by atoms with Gasteiger partial charge in [0.15, 0.2) is 17.5 Å². The van der Waals surface area contributed by atoms with Gasteiger partial charge in [0.25, 0.3) is 5.91 Å². The van der Waals surface area contributed by atoms with E-state index in [1.807, 2.05) is 38.1 Å². The number of aromatic amines is 1. The van der Waals surface area contributed by atoms with E-state index in [2.05, 4.69) is 40.9 Å². The number of ether oxygens (including phenoxy) is 2. The van der Waals surface area contributed by atoms with Crippen LogP contribution >= 0.6 is 0 Å². The summed E-state index contributed by atoms with van der Waals surface area (Å²) in [7, 11) is 0. The van der Waals surface area contributed by atoms with Crippen LogP contribution in [-0.2, 0) is 11.3 Å². The fourth-order valence-corrected chi connectivity index (χ4v) is 5.82. The number of carbonyl (C=O) groups excluding carboxylic acids is 2. The second kappa shape index (κ2) is 15.0. The second-order valence-corrected chi connectivity index (χ2v) is 11.8. The van der Waals surface area contributed by atoms with Crippen LogP contribution in [-0.4, -0.2) is 55.6 Å². The Balaban J connectivity index is 1.02. The van der Waals surface area contributed by atoms with Gasteiger partial charge in [-0.1, -0.05) is 12.1 Å². The number of benzene rings is 1. The van der Waals surface area contributed by atoms with Crippen LogP contribution in [0.4, 0.5) is 19.4 Å². The molecule has 4 N–H and O–H groups in total. The van der Waals surface area contributed by atoms with Crippen molar-refractivity contribution in [3.63, 3.8) is 0 Å². The van der Waals surface area contributed by atoms with E-state index in [1.54, 1.807) is 18.3 Å². The fraction of sp³-hybridized carbons (Fsp3) is 0.314. The maximum absolute atomic E-state index is 14.8. The smallest absolute Gasteiger partial charge is 0.407 e. The lowest BCUT2D eigenvalue weighted by molar-refractivity contribution is 0.0921. The molecule has 6 rings (SSSR count). The number of H-pyrrole nitrogens is 1. The molecule has 0 bridgehead atoms. The van der Waals surface area contributed by atoms with Gasteiger partial charge in [-0.15, -0.1) is 0 Å². The predicted molar refractivity (Wildman–Crippen MR) is 178 cm³/mol. The highest BCUT2D eigenvalue weighted by Gasteiger charge is 2.26. The van der Waals surface area contributed by atoms with Crippen molar-refractivity contribution in [3.05, 3.63) is 95.7 Å². The van der Waals surface area contributed by atoms with Crippen LogP contribution in [0.3, 0.4) is 0 Å². The molecule has 5 aromatic rings. The second-order valence-electron chi connectivity index (χ2n) is 11.8. The van der Waals surface area contributed by atoms with Crippen molar-refractivity contribution in [2.45, 2.75) is 64.3 Å². The van der Waals surface area contributed by atoms with Gasteiger partial charge in [0.2, 0.25) is 0 Å². The number of hydrogen-bond acceptors (Lipinski definition) is 9. The van der Waals surface area contributed by atoms with Crippen molar-refractivity contribution in [1.82, 2.24) is 35.6 Å².